The Kier molecular flexibility index (Phi) is 7.17. The van der Waals surface area contributed by atoms with Crippen LogP contribution in [0.1, 0.15) is 0 Å². The number of hydrogen-bond donors (Lipinski definition) is 0. The Morgan fingerprint density at radius 3 is 1.82 bits per heavy atom. The summed E-state index contributed by atoms with van der Waals surface area (Å²) < 4.78 is 12.8. The van der Waals surface area contributed by atoms with Gasteiger partial charge in [-0.2, -0.15) is 0 Å². The van der Waals surface area contributed by atoms with Gasteiger partial charge in [0.2, 0.25) is 0 Å². The zero-order valence-electron chi connectivity index (χ0n) is 29.8. The molecule has 2 aromatic heterocycles. The molecular formula is C52H33NO2. The van der Waals surface area contributed by atoms with Crippen molar-refractivity contribution in [3.63, 3.8) is 0 Å². The molecule has 11 aromatic rings. The zero-order valence-corrected chi connectivity index (χ0v) is 29.8. The fourth-order valence-corrected chi connectivity index (χ4v) is 8.22. The first-order valence-corrected chi connectivity index (χ1v) is 18.7. The molecule has 0 unspecified atom stereocenters. The van der Waals surface area contributed by atoms with E-state index in [2.05, 4.69) is 193 Å². The van der Waals surface area contributed by atoms with Crippen LogP contribution in [0.4, 0.5) is 17.1 Å². The number of fused-ring (bicyclic) bond motifs is 8. The topological polar surface area (TPSA) is 29.5 Å². The van der Waals surface area contributed by atoms with E-state index in [1.165, 1.54) is 22.1 Å². The number of anilines is 3. The third kappa shape index (κ3) is 5.28. The molecule has 0 atom stereocenters. The Labute approximate surface area is 317 Å². The summed E-state index contributed by atoms with van der Waals surface area (Å²) in [5, 5.41) is 6.74. The highest BCUT2D eigenvalue weighted by atomic mass is 16.3. The second-order valence-electron chi connectivity index (χ2n) is 14.1. The molecule has 55 heavy (non-hydrogen) atoms. The van der Waals surface area contributed by atoms with Crippen molar-refractivity contribution in [3.8, 4) is 33.4 Å². The summed E-state index contributed by atoms with van der Waals surface area (Å²) in [4.78, 5) is 2.34. The fourth-order valence-electron chi connectivity index (χ4n) is 8.22. The minimum atomic E-state index is 0.873. The fraction of sp³-hybridized carbons (Fsp3) is 0. The molecule has 0 saturated carbocycles. The first-order chi connectivity index (χ1) is 27.2. The van der Waals surface area contributed by atoms with E-state index in [0.29, 0.717) is 0 Å². The van der Waals surface area contributed by atoms with Crippen molar-refractivity contribution in [1.82, 2.24) is 0 Å². The highest BCUT2D eigenvalue weighted by molar-refractivity contribution is 6.19. The van der Waals surface area contributed by atoms with E-state index in [1.807, 2.05) is 12.1 Å². The summed E-state index contributed by atoms with van der Waals surface area (Å²) in [6.07, 6.45) is 0. The molecule has 0 spiro atoms. The van der Waals surface area contributed by atoms with Crippen LogP contribution < -0.4 is 4.90 Å². The van der Waals surface area contributed by atoms with Crippen molar-refractivity contribution in [1.29, 1.82) is 0 Å². The Balaban J connectivity index is 1.06. The van der Waals surface area contributed by atoms with Crippen molar-refractivity contribution < 1.29 is 8.83 Å². The summed E-state index contributed by atoms with van der Waals surface area (Å²) in [7, 11) is 0. The second kappa shape index (κ2) is 12.6. The van der Waals surface area contributed by atoms with Gasteiger partial charge in [0, 0.05) is 44.0 Å². The summed E-state index contributed by atoms with van der Waals surface area (Å²) in [6.45, 7) is 0. The summed E-state index contributed by atoms with van der Waals surface area (Å²) in [5.74, 6) is 0. The summed E-state index contributed by atoms with van der Waals surface area (Å²) >= 11 is 0. The van der Waals surface area contributed by atoms with Crippen LogP contribution in [0.3, 0.4) is 0 Å². The van der Waals surface area contributed by atoms with Gasteiger partial charge in [0.25, 0.3) is 0 Å². The number of benzene rings is 9. The lowest BCUT2D eigenvalue weighted by Gasteiger charge is -2.26. The molecule has 0 aliphatic rings. The van der Waals surface area contributed by atoms with Gasteiger partial charge < -0.3 is 13.7 Å². The normalized spacial score (nSPS) is 11.6. The molecule has 0 radical (unpaired) electrons. The monoisotopic (exact) mass is 703 g/mol. The Morgan fingerprint density at radius 1 is 0.309 bits per heavy atom. The molecule has 0 saturated heterocycles. The van der Waals surface area contributed by atoms with E-state index >= 15 is 0 Å². The summed E-state index contributed by atoms with van der Waals surface area (Å²) in [5.41, 5.74) is 13.7. The van der Waals surface area contributed by atoms with Crippen LogP contribution in [0.25, 0.3) is 88.0 Å². The zero-order chi connectivity index (χ0) is 36.3. The highest BCUT2D eigenvalue weighted by Gasteiger charge is 2.19. The smallest absolute Gasteiger partial charge is 0.143 e. The van der Waals surface area contributed by atoms with E-state index in [1.54, 1.807) is 0 Å². The van der Waals surface area contributed by atoms with Gasteiger partial charge in [-0.1, -0.05) is 133 Å². The third-order valence-electron chi connectivity index (χ3n) is 10.8. The van der Waals surface area contributed by atoms with Crippen LogP contribution in [0.2, 0.25) is 0 Å². The number of furan rings is 2. The lowest BCUT2D eigenvalue weighted by Crippen LogP contribution is -2.10. The number of nitrogens with zero attached hydrogens (tertiary/aromatic N) is 1. The van der Waals surface area contributed by atoms with Gasteiger partial charge in [-0.25, -0.2) is 0 Å². The predicted octanol–water partition coefficient (Wildman–Crippen LogP) is 15.1. The van der Waals surface area contributed by atoms with Gasteiger partial charge >= 0.3 is 0 Å². The van der Waals surface area contributed by atoms with Crippen molar-refractivity contribution in [2.75, 3.05) is 4.90 Å². The molecule has 11 rings (SSSR count). The molecule has 0 aliphatic heterocycles. The molecule has 3 heteroatoms. The minimum absolute atomic E-state index is 0.873. The molecule has 3 nitrogen and oxygen atoms in total. The van der Waals surface area contributed by atoms with E-state index < -0.39 is 0 Å². The standard InChI is InChI=1S/C52H33NO2/c1-2-11-34(12-3-1)37-14-8-15-38(31-37)35-23-26-40(27-24-35)53(42-28-30-49-47(33-42)45-19-6-7-21-48(45)54-49)41-17-9-16-39(32-41)43-20-10-22-50-51(43)46-29-25-36-13-4-5-18-44(36)52(46)55-50/h1-33H. The average molecular weight is 704 g/mol. The van der Waals surface area contributed by atoms with Gasteiger partial charge in [0.1, 0.15) is 22.3 Å². The largest absolute Gasteiger partial charge is 0.456 e. The van der Waals surface area contributed by atoms with Crippen LogP contribution in [0.5, 0.6) is 0 Å². The van der Waals surface area contributed by atoms with Crippen molar-refractivity contribution in [3.05, 3.63) is 200 Å². The Hall–Kier alpha value is -7.36. The highest BCUT2D eigenvalue weighted by Crippen LogP contribution is 2.43. The molecule has 0 bridgehead atoms. The maximum atomic E-state index is 6.57. The van der Waals surface area contributed by atoms with Crippen LogP contribution in [0, 0.1) is 0 Å². The average Bonchev–Trinajstić information content (AvgIpc) is 3.83. The number of rotatable bonds is 6. The Bertz CT molecular complexity index is 3210. The van der Waals surface area contributed by atoms with E-state index in [4.69, 9.17) is 8.83 Å². The van der Waals surface area contributed by atoms with Crippen molar-refractivity contribution in [2.45, 2.75) is 0 Å². The number of hydrogen-bond acceptors (Lipinski definition) is 3. The van der Waals surface area contributed by atoms with Crippen molar-refractivity contribution >= 4 is 71.7 Å². The molecule has 9 aromatic carbocycles. The van der Waals surface area contributed by atoms with Gasteiger partial charge in [-0.3, -0.25) is 0 Å². The van der Waals surface area contributed by atoms with Crippen LogP contribution in [-0.4, -0.2) is 0 Å². The molecule has 258 valence electrons. The van der Waals surface area contributed by atoms with Crippen LogP contribution in [0.15, 0.2) is 209 Å². The van der Waals surface area contributed by atoms with Crippen LogP contribution >= 0.6 is 0 Å². The third-order valence-corrected chi connectivity index (χ3v) is 10.8. The van der Waals surface area contributed by atoms with E-state index in [9.17, 15) is 0 Å². The quantitative estimate of drug-likeness (QED) is 0.173. The molecule has 0 fully saturated rings. The number of para-hydroxylation sites is 1. The predicted molar refractivity (Wildman–Crippen MR) is 229 cm³/mol. The van der Waals surface area contributed by atoms with Gasteiger partial charge in [-0.05, 0) is 105 Å². The SMILES string of the molecule is c1ccc(-c2cccc(-c3ccc(N(c4cccc(-c5cccc6oc7c8ccccc8ccc7c56)c4)c4ccc5oc6ccccc6c5c4)cc3)c2)cc1. The maximum absolute atomic E-state index is 6.57. The van der Waals surface area contributed by atoms with Gasteiger partial charge in [0.05, 0.1) is 0 Å². The van der Waals surface area contributed by atoms with Gasteiger partial charge in [-0.15, -0.1) is 0 Å². The molecule has 0 N–H and O–H groups in total. The first kappa shape index (κ1) is 31.2. The van der Waals surface area contributed by atoms with Gasteiger partial charge in [0.15, 0.2) is 0 Å². The molecular weight excluding hydrogens is 671 g/mol. The first-order valence-electron chi connectivity index (χ1n) is 18.7. The molecule has 0 amide bonds. The van der Waals surface area contributed by atoms with Crippen LogP contribution in [-0.2, 0) is 0 Å². The summed E-state index contributed by atoms with van der Waals surface area (Å²) in [6, 6.07) is 71.0. The van der Waals surface area contributed by atoms with E-state index in [0.717, 1.165) is 83.0 Å². The molecule has 0 aliphatic carbocycles. The van der Waals surface area contributed by atoms with E-state index in [-0.39, 0.29) is 0 Å². The molecule has 2 heterocycles. The lowest BCUT2D eigenvalue weighted by atomic mass is 9.97. The minimum Gasteiger partial charge on any atom is -0.456 e. The maximum Gasteiger partial charge on any atom is 0.143 e. The van der Waals surface area contributed by atoms with Crippen molar-refractivity contribution in [2.24, 2.45) is 0 Å². The lowest BCUT2D eigenvalue weighted by molar-refractivity contribution is 0.669. The second-order valence-corrected chi connectivity index (χ2v) is 14.1. The Morgan fingerprint density at radius 2 is 0.945 bits per heavy atom.